The van der Waals surface area contributed by atoms with Crippen molar-refractivity contribution in [1.82, 2.24) is 5.32 Å². The van der Waals surface area contributed by atoms with E-state index in [-0.39, 0.29) is 23.7 Å². The zero-order chi connectivity index (χ0) is 34.3. The minimum Gasteiger partial charge on any atom is -0.478 e. The Hall–Kier alpha value is -3.47. The Labute approximate surface area is 276 Å². The topological polar surface area (TPSA) is 205 Å². The third-order valence-corrected chi connectivity index (χ3v) is 9.92. The summed E-state index contributed by atoms with van der Waals surface area (Å²) in [4.78, 5) is 42.2. The summed E-state index contributed by atoms with van der Waals surface area (Å²) in [6.45, 7) is 5.43. The molecule has 4 aliphatic rings. The summed E-state index contributed by atoms with van der Waals surface area (Å²) in [7, 11) is 0. The molecule has 14 heteroatoms. The molecule has 4 aliphatic heterocycles. The number of benzene rings is 1. The largest absolute Gasteiger partial charge is 0.478 e. The lowest BCUT2D eigenvalue weighted by atomic mass is 9.83. The number of fused-ring (bicyclic) bond motifs is 3. The Bertz CT molecular complexity index is 1720. The molecule has 8 unspecified atom stereocenters. The molecule has 0 aliphatic carbocycles. The first-order valence-electron chi connectivity index (χ1n) is 16.4. The van der Waals surface area contributed by atoms with Gasteiger partial charge < -0.3 is 40.0 Å². The standard InChI is InChI=1S/C34H43N3O11/c1-4-23-20-6-8-35-22(20)14-37(23)29-32-19(11-21-24(39)9-17(2)46-33(21)29)12-27(34(3,47-32)7-5-18-10-28(42)36-13-18)48-45-16-26(41)31(44)30(43)25(40)15-38/h6,8-9,11,18,25-27,30-31,38,40-41,43-44H,4-5,7,10,12-16H2,1-3H3,(H,36,42)/p+1. The molecule has 0 radical (unpaired) electrons. The van der Waals surface area contributed by atoms with E-state index in [2.05, 4.69) is 17.2 Å². The lowest BCUT2D eigenvalue weighted by Crippen LogP contribution is -3.04. The fourth-order valence-corrected chi connectivity index (χ4v) is 7.13. The number of nitrogens with one attached hydrogen (secondary N) is 2. The maximum atomic E-state index is 13.4. The zero-order valence-electron chi connectivity index (χ0n) is 27.3. The van der Waals surface area contributed by atoms with Gasteiger partial charge in [-0.1, -0.05) is 6.92 Å². The molecule has 6 rings (SSSR count). The van der Waals surface area contributed by atoms with E-state index in [0.29, 0.717) is 66.1 Å². The van der Waals surface area contributed by atoms with E-state index in [9.17, 15) is 30.0 Å². The molecule has 1 fully saturated rings. The van der Waals surface area contributed by atoms with Crippen molar-refractivity contribution in [3.05, 3.63) is 57.2 Å². The molecule has 1 amide bonds. The normalized spacial score (nSPS) is 27.4. The number of quaternary nitrogens is 1. The molecule has 1 aromatic heterocycles. The van der Waals surface area contributed by atoms with E-state index in [1.54, 1.807) is 19.2 Å². The first-order chi connectivity index (χ1) is 22.9. The minimum atomic E-state index is -1.82. The third kappa shape index (κ3) is 6.46. The maximum Gasteiger partial charge on any atom is 0.222 e. The lowest BCUT2D eigenvalue weighted by molar-refractivity contribution is -0.776. The monoisotopic (exact) mass is 670 g/mol. The Morgan fingerprint density at radius 2 is 1.92 bits per heavy atom. The Kier molecular flexibility index (Phi) is 9.89. The van der Waals surface area contributed by atoms with Crippen molar-refractivity contribution < 1.29 is 54.2 Å². The lowest BCUT2D eigenvalue weighted by Gasteiger charge is -2.42. The number of hydrogen-bond acceptors (Lipinski definition) is 12. The van der Waals surface area contributed by atoms with Crippen LogP contribution in [0.2, 0.25) is 0 Å². The summed E-state index contributed by atoms with van der Waals surface area (Å²) in [5.41, 5.74) is 3.75. The fraction of sp³-hybridized carbons (Fsp3) is 0.559. The number of allylic oxidation sites excluding steroid dienone is 2. The van der Waals surface area contributed by atoms with Crippen LogP contribution in [0, 0.1) is 12.8 Å². The van der Waals surface area contributed by atoms with E-state index in [4.69, 9.17) is 24.0 Å². The molecule has 2 aromatic rings. The molecule has 7 N–H and O–H groups in total. The number of aryl methyl sites for hydroxylation is 1. The van der Waals surface area contributed by atoms with Crippen molar-refractivity contribution in [3.63, 3.8) is 0 Å². The molecule has 0 spiro atoms. The summed E-state index contributed by atoms with van der Waals surface area (Å²) in [5.74, 6) is 1.14. The highest BCUT2D eigenvalue weighted by Gasteiger charge is 2.48. The number of hydrogen-bond donors (Lipinski definition) is 7. The maximum absolute atomic E-state index is 13.4. The molecule has 260 valence electrons. The van der Waals surface area contributed by atoms with Crippen LogP contribution in [0.3, 0.4) is 0 Å². The van der Waals surface area contributed by atoms with Gasteiger partial charge in [-0.25, -0.2) is 9.78 Å². The number of carbonyl (C=O) groups excluding carboxylic acids is 1. The number of nitrogens with zero attached hydrogens (tertiary/aromatic N) is 1. The van der Waals surface area contributed by atoms with Gasteiger partial charge in [-0.2, -0.15) is 0 Å². The van der Waals surface area contributed by atoms with Gasteiger partial charge in [0, 0.05) is 43.6 Å². The summed E-state index contributed by atoms with van der Waals surface area (Å²) in [6, 6.07) is 3.21. The average Bonchev–Trinajstić information content (AvgIpc) is 3.78. The predicted octanol–water partition coefficient (Wildman–Crippen LogP) is -0.374. The van der Waals surface area contributed by atoms with Crippen LogP contribution in [-0.2, 0) is 21.0 Å². The third-order valence-electron chi connectivity index (χ3n) is 9.92. The van der Waals surface area contributed by atoms with Crippen LogP contribution in [0.15, 0.2) is 49.9 Å². The van der Waals surface area contributed by atoms with E-state index in [1.807, 2.05) is 13.0 Å². The summed E-state index contributed by atoms with van der Waals surface area (Å²) in [6.07, 6.45) is -1.43. The number of amides is 1. The summed E-state index contributed by atoms with van der Waals surface area (Å²) in [5, 5.41) is 52.7. The van der Waals surface area contributed by atoms with Crippen LogP contribution in [0.25, 0.3) is 11.0 Å². The van der Waals surface area contributed by atoms with E-state index >= 15 is 0 Å². The summed E-state index contributed by atoms with van der Waals surface area (Å²) >= 11 is 0. The van der Waals surface area contributed by atoms with Gasteiger partial charge in [0.05, 0.1) is 17.6 Å². The van der Waals surface area contributed by atoms with Crippen molar-refractivity contribution in [2.75, 3.05) is 26.3 Å². The molecular formula is C34H44N3O11+. The molecule has 48 heavy (non-hydrogen) atoms. The van der Waals surface area contributed by atoms with Crippen molar-refractivity contribution >= 4 is 28.3 Å². The molecule has 14 nitrogen and oxygen atoms in total. The van der Waals surface area contributed by atoms with Crippen LogP contribution < -0.4 is 20.4 Å². The van der Waals surface area contributed by atoms with Crippen molar-refractivity contribution in [1.29, 1.82) is 0 Å². The van der Waals surface area contributed by atoms with E-state index < -0.39 is 49.3 Å². The molecule has 1 aromatic carbocycles. The highest BCUT2D eigenvalue weighted by Crippen LogP contribution is 2.45. The molecule has 0 saturated carbocycles. The number of carbonyl (C=O) groups is 1. The van der Waals surface area contributed by atoms with Gasteiger partial charge in [-0.3, -0.25) is 19.5 Å². The minimum absolute atomic E-state index is 0.00308. The smallest absolute Gasteiger partial charge is 0.222 e. The van der Waals surface area contributed by atoms with Gasteiger partial charge in [0.1, 0.15) is 66.4 Å². The van der Waals surface area contributed by atoms with Gasteiger partial charge in [0.25, 0.3) is 0 Å². The second kappa shape index (κ2) is 13.8. The number of rotatable bonds is 13. The Balaban J connectivity index is 1.36. The van der Waals surface area contributed by atoms with Gasteiger partial charge in [0.15, 0.2) is 11.2 Å². The number of aliphatic hydroxyl groups excluding tert-OH is 5. The van der Waals surface area contributed by atoms with E-state index in [1.165, 1.54) is 6.07 Å². The quantitative estimate of drug-likeness (QED) is 0.108. The number of aliphatic imine (C=N–C) groups is 1. The highest BCUT2D eigenvalue weighted by molar-refractivity contribution is 6.07. The summed E-state index contributed by atoms with van der Waals surface area (Å²) < 4.78 is 13.3. The van der Waals surface area contributed by atoms with Crippen LogP contribution in [0.4, 0.5) is 5.69 Å². The van der Waals surface area contributed by atoms with Crippen molar-refractivity contribution in [2.24, 2.45) is 10.9 Å². The Morgan fingerprint density at radius 3 is 2.62 bits per heavy atom. The van der Waals surface area contributed by atoms with Crippen molar-refractivity contribution in [3.8, 4) is 5.75 Å². The SMILES string of the molecule is CCC1=C2C=CN=C2C[NH+]1c1c2c(cc3c(=O)cc(C)oc13)CC(OOCC(O)C(O)C(O)C(O)CO)C(C)(CCC1CNC(=O)C1)O2. The average molecular weight is 671 g/mol. The molecule has 0 bridgehead atoms. The Morgan fingerprint density at radius 1 is 1.15 bits per heavy atom. The second-order valence-electron chi connectivity index (χ2n) is 13.3. The molecular weight excluding hydrogens is 626 g/mol. The fourth-order valence-electron chi connectivity index (χ4n) is 7.13. The van der Waals surface area contributed by atoms with Gasteiger partial charge in [-0.05, 0) is 44.7 Å². The van der Waals surface area contributed by atoms with Crippen LogP contribution in [0.1, 0.15) is 50.9 Å². The second-order valence-corrected chi connectivity index (χ2v) is 13.3. The highest BCUT2D eigenvalue weighted by atomic mass is 17.2. The van der Waals surface area contributed by atoms with Crippen LogP contribution in [-0.4, -0.2) is 99.6 Å². The van der Waals surface area contributed by atoms with Gasteiger partial charge in [0.2, 0.25) is 17.2 Å². The van der Waals surface area contributed by atoms with Crippen LogP contribution >= 0.6 is 0 Å². The van der Waals surface area contributed by atoms with Gasteiger partial charge in [-0.15, -0.1) is 0 Å². The number of aliphatic hydroxyl groups is 5. The molecule has 5 heterocycles. The van der Waals surface area contributed by atoms with E-state index in [0.717, 1.165) is 28.3 Å². The van der Waals surface area contributed by atoms with Crippen molar-refractivity contribution in [2.45, 2.75) is 89.0 Å². The van der Waals surface area contributed by atoms with Crippen LogP contribution in [0.5, 0.6) is 5.75 Å². The predicted molar refractivity (Wildman–Crippen MR) is 172 cm³/mol. The molecule has 8 atom stereocenters. The first kappa shape index (κ1) is 34.4. The first-order valence-corrected chi connectivity index (χ1v) is 16.4. The molecule has 1 saturated heterocycles. The number of ether oxygens (including phenoxy) is 1. The van der Waals surface area contributed by atoms with Gasteiger partial charge >= 0.3 is 0 Å². The zero-order valence-corrected chi connectivity index (χ0v) is 27.3.